The van der Waals surface area contributed by atoms with Crippen LogP contribution < -0.4 is 5.73 Å². The molecule has 102 valence electrons. The first-order chi connectivity index (χ1) is 8.56. The summed E-state index contributed by atoms with van der Waals surface area (Å²) in [5.74, 6) is 0.156. The Morgan fingerprint density at radius 2 is 2.22 bits per heavy atom. The molecule has 2 N–H and O–H groups in total. The molecule has 1 amide bonds. The Balaban J connectivity index is 2.52. The molecule has 0 aliphatic heterocycles. The summed E-state index contributed by atoms with van der Waals surface area (Å²) in [5, 5.41) is 0. The third-order valence-corrected chi connectivity index (χ3v) is 4.41. The number of carbonyl (C=O) groups excluding carboxylic acids is 1. The maximum atomic E-state index is 12.1. The Kier molecular flexibility index (Phi) is 6.89. The number of halogens is 1. The van der Waals surface area contributed by atoms with Crippen molar-refractivity contribution < 1.29 is 4.79 Å². The zero-order valence-corrected chi connectivity index (χ0v) is 13.4. The number of rotatable bonds is 7. The van der Waals surface area contributed by atoms with Gasteiger partial charge in [-0.3, -0.25) is 4.79 Å². The first-order valence-electron chi connectivity index (χ1n) is 6.34. The van der Waals surface area contributed by atoms with E-state index in [1.165, 1.54) is 4.88 Å². The smallest absolute Gasteiger partial charge is 0.224 e. The molecule has 0 aliphatic rings. The summed E-state index contributed by atoms with van der Waals surface area (Å²) in [6.45, 7) is 5.51. The van der Waals surface area contributed by atoms with Crippen LogP contribution in [0.25, 0.3) is 0 Å². The van der Waals surface area contributed by atoms with Crippen molar-refractivity contribution in [2.75, 3.05) is 6.54 Å². The fourth-order valence-corrected chi connectivity index (χ4v) is 3.33. The fourth-order valence-electron chi connectivity index (χ4n) is 1.83. The van der Waals surface area contributed by atoms with E-state index < -0.39 is 0 Å². The lowest BCUT2D eigenvalue weighted by atomic mass is 10.1. The van der Waals surface area contributed by atoms with Crippen molar-refractivity contribution in [1.82, 2.24) is 4.90 Å². The SMILES string of the molecule is CCCC(N)CC(=O)N(CC)Cc1ccc(Br)s1. The topological polar surface area (TPSA) is 46.3 Å². The van der Waals surface area contributed by atoms with Crippen molar-refractivity contribution in [3.05, 3.63) is 20.8 Å². The second kappa shape index (κ2) is 7.92. The summed E-state index contributed by atoms with van der Waals surface area (Å²) < 4.78 is 1.10. The van der Waals surface area contributed by atoms with Crippen LogP contribution in [0, 0.1) is 0 Å². The summed E-state index contributed by atoms with van der Waals surface area (Å²) in [6, 6.07) is 4.06. The molecule has 1 aromatic heterocycles. The highest BCUT2D eigenvalue weighted by Crippen LogP contribution is 2.23. The Hall–Kier alpha value is -0.390. The number of hydrogen-bond acceptors (Lipinski definition) is 3. The number of hydrogen-bond donors (Lipinski definition) is 1. The summed E-state index contributed by atoms with van der Waals surface area (Å²) >= 11 is 5.11. The lowest BCUT2D eigenvalue weighted by molar-refractivity contribution is -0.131. The maximum absolute atomic E-state index is 12.1. The van der Waals surface area contributed by atoms with Crippen molar-refractivity contribution in [2.24, 2.45) is 5.73 Å². The number of amides is 1. The molecule has 0 bridgehead atoms. The molecule has 1 heterocycles. The highest BCUT2D eigenvalue weighted by Gasteiger charge is 2.16. The van der Waals surface area contributed by atoms with Crippen LogP contribution in [-0.2, 0) is 11.3 Å². The van der Waals surface area contributed by atoms with E-state index >= 15 is 0 Å². The molecule has 0 aliphatic carbocycles. The molecule has 0 spiro atoms. The molecular formula is C13H21BrN2OS. The van der Waals surface area contributed by atoms with Crippen LogP contribution in [0.5, 0.6) is 0 Å². The highest BCUT2D eigenvalue weighted by atomic mass is 79.9. The Bertz CT molecular complexity index is 381. The molecule has 3 nitrogen and oxygen atoms in total. The number of nitrogens with zero attached hydrogens (tertiary/aromatic N) is 1. The quantitative estimate of drug-likeness (QED) is 0.831. The van der Waals surface area contributed by atoms with Gasteiger partial charge in [-0.25, -0.2) is 0 Å². The van der Waals surface area contributed by atoms with Crippen LogP contribution in [0.15, 0.2) is 15.9 Å². The van der Waals surface area contributed by atoms with E-state index in [1.54, 1.807) is 11.3 Å². The predicted molar refractivity (Wildman–Crippen MR) is 80.6 cm³/mol. The zero-order chi connectivity index (χ0) is 13.5. The van der Waals surface area contributed by atoms with Crippen LogP contribution in [0.4, 0.5) is 0 Å². The lowest BCUT2D eigenvalue weighted by Crippen LogP contribution is -2.35. The van der Waals surface area contributed by atoms with Gasteiger partial charge in [0.25, 0.3) is 0 Å². The number of thiophene rings is 1. The van der Waals surface area contributed by atoms with Gasteiger partial charge in [0.15, 0.2) is 0 Å². The van der Waals surface area contributed by atoms with Gasteiger partial charge in [-0.15, -0.1) is 11.3 Å². The fraction of sp³-hybridized carbons (Fsp3) is 0.615. The van der Waals surface area contributed by atoms with E-state index in [0.717, 1.165) is 23.2 Å². The second-order valence-corrected chi connectivity index (χ2v) is 6.91. The summed E-state index contributed by atoms with van der Waals surface area (Å²) in [5.41, 5.74) is 5.92. The van der Waals surface area contributed by atoms with E-state index in [9.17, 15) is 4.79 Å². The molecule has 18 heavy (non-hydrogen) atoms. The molecule has 1 rings (SSSR count). The number of carbonyl (C=O) groups is 1. The van der Waals surface area contributed by atoms with Crippen molar-refractivity contribution in [2.45, 2.75) is 45.7 Å². The second-order valence-electron chi connectivity index (χ2n) is 4.37. The van der Waals surface area contributed by atoms with Crippen molar-refractivity contribution in [3.8, 4) is 0 Å². The van der Waals surface area contributed by atoms with Gasteiger partial charge in [-0.1, -0.05) is 13.3 Å². The van der Waals surface area contributed by atoms with Gasteiger partial charge < -0.3 is 10.6 Å². The van der Waals surface area contributed by atoms with Crippen LogP contribution in [0.2, 0.25) is 0 Å². The van der Waals surface area contributed by atoms with Gasteiger partial charge in [-0.05, 0) is 41.4 Å². The van der Waals surface area contributed by atoms with Crippen LogP contribution in [0.3, 0.4) is 0 Å². The van der Waals surface area contributed by atoms with E-state index in [2.05, 4.69) is 28.9 Å². The zero-order valence-electron chi connectivity index (χ0n) is 11.0. The molecule has 1 atom stereocenters. The Morgan fingerprint density at radius 1 is 1.50 bits per heavy atom. The predicted octanol–water partition coefficient (Wildman–Crippen LogP) is 3.38. The summed E-state index contributed by atoms with van der Waals surface area (Å²) in [4.78, 5) is 15.2. The molecule has 5 heteroatoms. The van der Waals surface area contributed by atoms with E-state index in [-0.39, 0.29) is 11.9 Å². The molecule has 0 fully saturated rings. The molecule has 0 saturated carbocycles. The summed E-state index contributed by atoms with van der Waals surface area (Å²) in [6.07, 6.45) is 2.39. The molecule has 0 radical (unpaired) electrons. The van der Waals surface area contributed by atoms with Gasteiger partial charge >= 0.3 is 0 Å². The highest BCUT2D eigenvalue weighted by molar-refractivity contribution is 9.11. The third-order valence-electron chi connectivity index (χ3n) is 2.81. The van der Waals surface area contributed by atoms with Crippen LogP contribution in [-0.4, -0.2) is 23.4 Å². The molecule has 1 unspecified atom stereocenters. The molecule has 1 aromatic rings. The lowest BCUT2D eigenvalue weighted by Gasteiger charge is -2.22. The first kappa shape index (κ1) is 15.7. The van der Waals surface area contributed by atoms with Crippen molar-refractivity contribution >= 4 is 33.2 Å². The molecular weight excluding hydrogens is 312 g/mol. The minimum atomic E-state index is -0.00776. The first-order valence-corrected chi connectivity index (χ1v) is 7.95. The van der Waals surface area contributed by atoms with Crippen LogP contribution in [0.1, 0.15) is 38.0 Å². The van der Waals surface area contributed by atoms with Crippen molar-refractivity contribution in [3.63, 3.8) is 0 Å². The normalized spacial score (nSPS) is 12.4. The van der Waals surface area contributed by atoms with E-state index in [1.807, 2.05) is 17.9 Å². The average molecular weight is 333 g/mol. The minimum absolute atomic E-state index is 0.00776. The monoisotopic (exact) mass is 332 g/mol. The van der Waals surface area contributed by atoms with Crippen LogP contribution >= 0.6 is 27.3 Å². The maximum Gasteiger partial charge on any atom is 0.224 e. The standard InChI is InChI=1S/C13H21BrN2OS/c1-3-5-10(15)8-13(17)16(4-2)9-11-6-7-12(14)18-11/h6-7,10H,3-5,8-9,15H2,1-2H3. The van der Waals surface area contributed by atoms with Gasteiger partial charge in [0.1, 0.15) is 0 Å². The van der Waals surface area contributed by atoms with Gasteiger partial charge in [0, 0.05) is 23.9 Å². The number of nitrogens with two attached hydrogens (primary N) is 1. The Morgan fingerprint density at radius 3 is 2.72 bits per heavy atom. The van der Waals surface area contributed by atoms with Gasteiger partial charge in [0.05, 0.1) is 10.3 Å². The summed E-state index contributed by atoms with van der Waals surface area (Å²) in [7, 11) is 0. The average Bonchev–Trinajstić information content (AvgIpc) is 2.71. The van der Waals surface area contributed by atoms with E-state index in [4.69, 9.17) is 5.73 Å². The van der Waals surface area contributed by atoms with Gasteiger partial charge in [-0.2, -0.15) is 0 Å². The third kappa shape index (κ3) is 5.08. The van der Waals surface area contributed by atoms with Gasteiger partial charge in [0.2, 0.25) is 5.91 Å². The van der Waals surface area contributed by atoms with E-state index in [0.29, 0.717) is 13.0 Å². The molecule has 0 aromatic carbocycles. The minimum Gasteiger partial charge on any atom is -0.338 e. The Labute approximate surface area is 121 Å². The van der Waals surface area contributed by atoms with Crippen molar-refractivity contribution in [1.29, 1.82) is 0 Å². The largest absolute Gasteiger partial charge is 0.338 e. The molecule has 0 saturated heterocycles.